The molecule has 0 unspecified atom stereocenters. The summed E-state index contributed by atoms with van der Waals surface area (Å²) in [6.45, 7) is 2.06. The Hall–Kier alpha value is -3.83. The summed E-state index contributed by atoms with van der Waals surface area (Å²) in [6, 6.07) is 23.7. The van der Waals surface area contributed by atoms with Crippen LogP contribution in [0.5, 0.6) is 0 Å². The highest BCUT2D eigenvalue weighted by Gasteiger charge is 2.21. The zero-order valence-corrected chi connectivity index (χ0v) is 19.6. The Balaban J connectivity index is 1.44. The molecule has 2 N–H and O–H groups in total. The molecule has 1 amide bonds. The first kappa shape index (κ1) is 22.0. The van der Waals surface area contributed by atoms with Crippen LogP contribution in [0, 0.1) is 6.92 Å². The zero-order valence-electron chi connectivity index (χ0n) is 18.8. The third-order valence-corrected chi connectivity index (χ3v) is 6.23. The summed E-state index contributed by atoms with van der Waals surface area (Å²) in [7, 11) is 0. The summed E-state index contributed by atoms with van der Waals surface area (Å²) in [5.41, 5.74) is 5.25. The van der Waals surface area contributed by atoms with E-state index in [1.54, 1.807) is 6.20 Å². The average Bonchev–Trinajstić information content (AvgIpc) is 3.47. The van der Waals surface area contributed by atoms with Gasteiger partial charge in [0.2, 0.25) is 5.91 Å². The highest BCUT2D eigenvalue weighted by atomic mass is 35.5. The molecule has 0 spiro atoms. The Bertz CT molecular complexity index is 1420. The van der Waals surface area contributed by atoms with Gasteiger partial charge in [0, 0.05) is 40.2 Å². The molecule has 5 rings (SSSR count). The van der Waals surface area contributed by atoms with Crippen molar-refractivity contribution in [2.45, 2.75) is 25.8 Å². The van der Waals surface area contributed by atoms with Crippen LogP contribution in [0.1, 0.15) is 28.6 Å². The maximum atomic E-state index is 13.2. The van der Waals surface area contributed by atoms with Crippen molar-refractivity contribution < 1.29 is 4.79 Å². The van der Waals surface area contributed by atoms with Gasteiger partial charge in [-0.25, -0.2) is 4.98 Å². The number of nitrogens with one attached hydrogen (secondary N) is 2. The maximum Gasteiger partial charge on any atom is 0.225 e. The van der Waals surface area contributed by atoms with Gasteiger partial charge in [-0.2, -0.15) is 0 Å². The molecule has 170 valence electrons. The van der Waals surface area contributed by atoms with E-state index in [-0.39, 0.29) is 18.4 Å². The Morgan fingerprint density at radius 3 is 2.68 bits per heavy atom. The lowest BCUT2D eigenvalue weighted by molar-refractivity contribution is -0.121. The number of fused-ring (bicyclic) bond motifs is 1. The first-order chi connectivity index (χ1) is 16.6. The lowest BCUT2D eigenvalue weighted by atomic mass is 10.0. The number of carbonyl (C=O) groups is 1. The Kier molecular flexibility index (Phi) is 6.19. The van der Waals surface area contributed by atoms with Crippen LogP contribution in [0.2, 0.25) is 5.02 Å². The van der Waals surface area contributed by atoms with Crippen molar-refractivity contribution in [2.24, 2.45) is 0 Å². The molecule has 1 atom stereocenters. The largest absolute Gasteiger partial charge is 0.361 e. The van der Waals surface area contributed by atoms with Crippen LogP contribution in [0.15, 0.2) is 91.4 Å². The van der Waals surface area contributed by atoms with Gasteiger partial charge < -0.3 is 14.9 Å². The summed E-state index contributed by atoms with van der Waals surface area (Å²) in [5, 5.41) is 5.00. The fourth-order valence-corrected chi connectivity index (χ4v) is 4.43. The minimum atomic E-state index is -0.299. The highest BCUT2D eigenvalue weighted by molar-refractivity contribution is 6.30. The molecule has 0 aliphatic rings. The summed E-state index contributed by atoms with van der Waals surface area (Å²) < 4.78 is 2.00. The monoisotopic (exact) mass is 468 g/mol. The number of aryl methyl sites for hydroxylation is 1. The number of hydrogen-bond donors (Lipinski definition) is 2. The molecule has 5 nitrogen and oxygen atoms in total. The van der Waals surface area contributed by atoms with Crippen LogP contribution in [0.3, 0.4) is 0 Å². The highest BCUT2D eigenvalue weighted by Crippen LogP contribution is 2.24. The third kappa shape index (κ3) is 4.75. The second-order valence-corrected chi connectivity index (χ2v) is 8.92. The first-order valence-electron chi connectivity index (χ1n) is 11.3. The van der Waals surface area contributed by atoms with E-state index >= 15 is 0 Å². The number of halogens is 1. The number of rotatable bonds is 7. The molecule has 0 radical (unpaired) electrons. The van der Waals surface area contributed by atoms with Gasteiger partial charge in [-0.3, -0.25) is 4.79 Å². The Labute approximate surface area is 203 Å². The minimum absolute atomic E-state index is 0.0472. The Morgan fingerprint density at radius 1 is 1.09 bits per heavy atom. The lowest BCUT2D eigenvalue weighted by Gasteiger charge is -2.20. The smallest absolute Gasteiger partial charge is 0.225 e. The molecule has 0 saturated heterocycles. The molecule has 0 aliphatic carbocycles. The van der Waals surface area contributed by atoms with Gasteiger partial charge in [-0.05, 0) is 60.9 Å². The van der Waals surface area contributed by atoms with Crippen molar-refractivity contribution in [3.05, 3.63) is 119 Å². The molecule has 0 saturated carbocycles. The van der Waals surface area contributed by atoms with E-state index in [1.807, 2.05) is 65.5 Å². The maximum absolute atomic E-state index is 13.2. The van der Waals surface area contributed by atoms with Gasteiger partial charge in [0.1, 0.15) is 5.82 Å². The predicted octanol–water partition coefficient (Wildman–Crippen LogP) is 5.96. The molecular formula is C28H25ClN4O. The van der Waals surface area contributed by atoms with E-state index in [2.05, 4.69) is 46.5 Å². The molecule has 5 aromatic rings. The SMILES string of the molecule is Cc1ccc2[nH]cc(CC(=O)N[C@@H](Cc3ccccc3)c3nccn3-c3ccc(Cl)cc3)c2c1. The second-order valence-electron chi connectivity index (χ2n) is 8.48. The molecular weight excluding hydrogens is 444 g/mol. The van der Waals surface area contributed by atoms with Crippen molar-refractivity contribution in [3.63, 3.8) is 0 Å². The van der Waals surface area contributed by atoms with Crippen molar-refractivity contribution >= 4 is 28.4 Å². The van der Waals surface area contributed by atoms with Gasteiger partial charge in [0.25, 0.3) is 0 Å². The Morgan fingerprint density at radius 2 is 1.88 bits per heavy atom. The minimum Gasteiger partial charge on any atom is -0.361 e. The topological polar surface area (TPSA) is 62.7 Å². The van der Waals surface area contributed by atoms with Crippen LogP contribution in [0.25, 0.3) is 16.6 Å². The summed E-state index contributed by atoms with van der Waals surface area (Å²) in [6.07, 6.45) is 6.51. The van der Waals surface area contributed by atoms with E-state index in [0.29, 0.717) is 11.4 Å². The number of nitrogens with zero attached hydrogens (tertiary/aromatic N) is 2. The van der Waals surface area contributed by atoms with Crippen molar-refractivity contribution in [3.8, 4) is 5.69 Å². The number of carbonyl (C=O) groups excluding carboxylic acids is 1. The molecule has 3 aromatic carbocycles. The van der Waals surface area contributed by atoms with Gasteiger partial charge in [-0.1, -0.05) is 53.6 Å². The standard InChI is InChI=1S/C28H25ClN4O/c1-19-7-12-25-24(15-19)21(18-31-25)17-27(34)32-26(16-20-5-3-2-4-6-20)28-30-13-14-33(28)23-10-8-22(29)9-11-23/h2-15,18,26,31H,16-17H2,1H3,(H,32,34)/t26-/m0/s1. The van der Waals surface area contributed by atoms with Gasteiger partial charge in [-0.15, -0.1) is 0 Å². The molecule has 2 aromatic heterocycles. The molecule has 34 heavy (non-hydrogen) atoms. The number of H-pyrrole nitrogens is 1. The van der Waals surface area contributed by atoms with Gasteiger partial charge in [0.05, 0.1) is 12.5 Å². The zero-order chi connectivity index (χ0) is 23.5. The van der Waals surface area contributed by atoms with Crippen molar-refractivity contribution in [1.82, 2.24) is 19.9 Å². The summed E-state index contributed by atoms with van der Waals surface area (Å²) >= 11 is 6.09. The molecule has 0 aliphatic heterocycles. The quantitative estimate of drug-likeness (QED) is 0.309. The van der Waals surface area contributed by atoms with E-state index in [0.717, 1.165) is 33.5 Å². The third-order valence-electron chi connectivity index (χ3n) is 5.98. The molecule has 0 bridgehead atoms. The molecule has 2 heterocycles. The predicted molar refractivity (Wildman–Crippen MR) is 136 cm³/mol. The second kappa shape index (κ2) is 9.57. The van der Waals surface area contributed by atoms with Crippen molar-refractivity contribution in [2.75, 3.05) is 0 Å². The van der Waals surface area contributed by atoms with Crippen LogP contribution >= 0.6 is 11.6 Å². The first-order valence-corrected chi connectivity index (χ1v) is 11.6. The van der Waals surface area contributed by atoms with Gasteiger partial charge in [0.15, 0.2) is 0 Å². The van der Waals surface area contributed by atoms with E-state index < -0.39 is 0 Å². The summed E-state index contributed by atoms with van der Waals surface area (Å²) in [5.74, 6) is 0.725. The number of aromatic nitrogens is 3. The van der Waals surface area contributed by atoms with E-state index in [4.69, 9.17) is 11.6 Å². The van der Waals surface area contributed by atoms with Crippen LogP contribution in [0.4, 0.5) is 0 Å². The molecule has 6 heteroatoms. The number of hydrogen-bond acceptors (Lipinski definition) is 2. The van der Waals surface area contributed by atoms with Crippen LogP contribution in [-0.2, 0) is 17.6 Å². The lowest BCUT2D eigenvalue weighted by Crippen LogP contribution is -2.33. The van der Waals surface area contributed by atoms with Crippen LogP contribution < -0.4 is 5.32 Å². The van der Waals surface area contributed by atoms with Gasteiger partial charge >= 0.3 is 0 Å². The van der Waals surface area contributed by atoms with E-state index in [9.17, 15) is 4.79 Å². The number of amides is 1. The fraction of sp³-hybridized carbons (Fsp3) is 0.143. The van der Waals surface area contributed by atoms with E-state index in [1.165, 1.54) is 5.56 Å². The van der Waals surface area contributed by atoms with Crippen molar-refractivity contribution in [1.29, 1.82) is 0 Å². The average molecular weight is 469 g/mol. The number of aromatic amines is 1. The molecule has 0 fully saturated rings. The fourth-order valence-electron chi connectivity index (χ4n) is 4.31. The summed E-state index contributed by atoms with van der Waals surface area (Å²) in [4.78, 5) is 21.1. The van der Waals surface area contributed by atoms with Crippen LogP contribution in [-0.4, -0.2) is 20.4 Å². The number of imidazole rings is 1. The normalized spacial score (nSPS) is 12.1. The number of benzene rings is 3.